The van der Waals surface area contributed by atoms with E-state index in [1.165, 1.54) is 18.5 Å². The van der Waals surface area contributed by atoms with E-state index in [1.54, 1.807) is 47.2 Å². The van der Waals surface area contributed by atoms with Gasteiger partial charge < -0.3 is 0 Å². The van der Waals surface area contributed by atoms with Crippen molar-refractivity contribution in [3.05, 3.63) is 85.5 Å². The van der Waals surface area contributed by atoms with Crippen LogP contribution in [0.2, 0.25) is 0 Å². The first kappa shape index (κ1) is 18.8. The van der Waals surface area contributed by atoms with Crippen LogP contribution in [0.25, 0.3) is 28.3 Å². The Bertz CT molecular complexity index is 1450. The zero-order valence-corrected chi connectivity index (χ0v) is 16.8. The molecule has 1 aromatic carbocycles. The molecule has 0 unspecified atom stereocenters. The maximum absolute atomic E-state index is 12.5. The van der Waals surface area contributed by atoms with Gasteiger partial charge >= 0.3 is 0 Å². The fraction of sp³-hybridized carbons (Fsp3) is 0. The molecule has 1 N–H and O–H groups in total. The normalized spacial score (nSPS) is 11.5. The Hall–Kier alpha value is -4.18. The van der Waals surface area contributed by atoms with Crippen molar-refractivity contribution in [1.29, 1.82) is 0 Å². The summed E-state index contributed by atoms with van der Waals surface area (Å²) >= 11 is 0. The SMILES string of the molecule is O=S(=O)(Nc1ccc(-c2ccc3nnc(-c4cccnc4)n3n2)cc1)c1cccnc1. The summed E-state index contributed by atoms with van der Waals surface area (Å²) in [5, 5.41) is 13.0. The molecule has 5 rings (SSSR count). The number of pyridine rings is 2. The van der Waals surface area contributed by atoms with Crippen molar-refractivity contribution in [3.8, 4) is 22.6 Å². The van der Waals surface area contributed by atoms with E-state index < -0.39 is 10.0 Å². The highest BCUT2D eigenvalue weighted by molar-refractivity contribution is 7.92. The summed E-state index contributed by atoms with van der Waals surface area (Å²) < 4.78 is 29.1. The largest absolute Gasteiger partial charge is 0.280 e. The Kier molecular flexibility index (Phi) is 4.60. The minimum atomic E-state index is -3.70. The first-order valence-electron chi connectivity index (χ1n) is 9.26. The second-order valence-electron chi connectivity index (χ2n) is 6.63. The summed E-state index contributed by atoms with van der Waals surface area (Å²) in [6.07, 6.45) is 6.21. The van der Waals surface area contributed by atoms with Crippen molar-refractivity contribution >= 4 is 21.4 Å². The molecule has 0 spiro atoms. The van der Waals surface area contributed by atoms with Crippen LogP contribution in [0, 0.1) is 0 Å². The van der Waals surface area contributed by atoms with Crippen LogP contribution < -0.4 is 4.72 Å². The molecular weight excluding hydrogens is 414 g/mol. The van der Waals surface area contributed by atoms with Gasteiger partial charge in [-0.3, -0.25) is 14.7 Å². The Morgan fingerprint density at radius 3 is 2.26 bits per heavy atom. The van der Waals surface area contributed by atoms with Crippen molar-refractivity contribution < 1.29 is 8.42 Å². The molecule has 0 fully saturated rings. The number of anilines is 1. The number of fused-ring (bicyclic) bond motifs is 1. The lowest BCUT2D eigenvalue weighted by Gasteiger charge is -2.09. The quantitative estimate of drug-likeness (QED) is 0.456. The number of hydrogen-bond donors (Lipinski definition) is 1. The predicted molar refractivity (Wildman–Crippen MR) is 114 cm³/mol. The summed E-state index contributed by atoms with van der Waals surface area (Å²) in [4.78, 5) is 8.07. The minimum Gasteiger partial charge on any atom is -0.280 e. The van der Waals surface area contributed by atoms with Gasteiger partial charge in [-0.05, 0) is 48.5 Å². The fourth-order valence-corrected chi connectivity index (χ4v) is 4.07. The molecule has 0 atom stereocenters. The molecule has 152 valence electrons. The lowest BCUT2D eigenvalue weighted by atomic mass is 10.1. The molecule has 0 bridgehead atoms. The molecule has 0 aliphatic rings. The average Bonchev–Trinajstić information content (AvgIpc) is 3.24. The number of aromatic nitrogens is 6. The van der Waals surface area contributed by atoms with Crippen LogP contribution in [-0.4, -0.2) is 38.2 Å². The molecule has 4 aromatic heterocycles. The fourth-order valence-electron chi connectivity index (χ4n) is 3.05. The van der Waals surface area contributed by atoms with Gasteiger partial charge in [-0.1, -0.05) is 12.1 Å². The van der Waals surface area contributed by atoms with Gasteiger partial charge in [0.15, 0.2) is 11.5 Å². The summed E-state index contributed by atoms with van der Waals surface area (Å²) in [7, 11) is -3.70. The van der Waals surface area contributed by atoms with Crippen LogP contribution in [0.1, 0.15) is 0 Å². The molecule has 5 aromatic rings. The van der Waals surface area contributed by atoms with Crippen LogP contribution >= 0.6 is 0 Å². The van der Waals surface area contributed by atoms with Crippen LogP contribution in [0.4, 0.5) is 5.69 Å². The zero-order chi connectivity index (χ0) is 21.3. The Labute approximate surface area is 177 Å². The molecule has 0 aliphatic heterocycles. The average molecular weight is 429 g/mol. The highest BCUT2D eigenvalue weighted by atomic mass is 32.2. The van der Waals surface area contributed by atoms with Crippen molar-refractivity contribution in [2.45, 2.75) is 4.90 Å². The predicted octanol–water partition coefficient (Wildman–Crippen LogP) is 3.05. The smallest absolute Gasteiger partial charge is 0.263 e. The third-order valence-corrected chi connectivity index (χ3v) is 5.93. The maximum Gasteiger partial charge on any atom is 0.263 e. The number of benzene rings is 1. The van der Waals surface area contributed by atoms with Gasteiger partial charge in [0.2, 0.25) is 0 Å². The molecule has 10 heteroatoms. The second kappa shape index (κ2) is 7.58. The van der Waals surface area contributed by atoms with Crippen LogP contribution in [0.15, 0.2) is 90.3 Å². The van der Waals surface area contributed by atoms with E-state index in [-0.39, 0.29) is 4.90 Å². The van der Waals surface area contributed by atoms with Gasteiger partial charge in [0.05, 0.1) is 5.69 Å². The highest BCUT2D eigenvalue weighted by Crippen LogP contribution is 2.23. The molecular formula is C21H15N7O2S. The highest BCUT2D eigenvalue weighted by Gasteiger charge is 2.15. The summed E-state index contributed by atoms with van der Waals surface area (Å²) in [6.45, 7) is 0. The van der Waals surface area contributed by atoms with Gasteiger partial charge in [-0.25, -0.2) is 8.42 Å². The number of rotatable bonds is 5. The van der Waals surface area contributed by atoms with E-state index in [0.717, 1.165) is 11.1 Å². The molecule has 9 nitrogen and oxygen atoms in total. The molecule has 0 aliphatic carbocycles. The zero-order valence-electron chi connectivity index (χ0n) is 16.0. The van der Waals surface area contributed by atoms with Crippen LogP contribution in [-0.2, 0) is 10.0 Å². The summed E-state index contributed by atoms with van der Waals surface area (Å²) in [5.41, 5.74) is 3.37. The molecule has 31 heavy (non-hydrogen) atoms. The lowest BCUT2D eigenvalue weighted by molar-refractivity contribution is 0.601. The second-order valence-corrected chi connectivity index (χ2v) is 8.31. The molecule has 0 saturated heterocycles. The Balaban J connectivity index is 1.45. The maximum atomic E-state index is 12.5. The summed E-state index contributed by atoms with van der Waals surface area (Å²) in [5.74, 6) is 0.589. The van der Waals surface area contributed by atoms with E-state index in [1.807, 2.05) is 24.3 Å². The molecule has 0 radical (unpaired) electrons. The van der Waals surface area contributed by atoms with Gasteiger partial charge in [0, 0.05) is 41.6 Å². The number of hydrogen-bond acceptors (Lipinski definition) is 7. The van der Waals surface area contributed by atoms with Gasteiger partial charge in [-0.2, -0.15) is 9.61 Å². The van der Waals surface area contributed by atoms with E-state index in [9.17, 15) is 8.42 Å². The topological polar surface area (TPSA) is 115 Å². The molecule has 0 saturated carbocycles. The van der Waals surface area contributed by atoms with Crippen LogP contribution in [0.3, 0.4) is 0 Å². The Morgan fingerprint density at radius 2 is 1.55 bits per heavy atom. The molecule has 0 amide bonds. The van der Waals surface area contributed by atoms with E-state index in [0.29, 0.717) is 22.9 Å². The van der Waals surface area contributed by atoms with Crippen molar-refractivity contribution in [3.63, 3.8) is 0 Å². The van der Waals surface area contributed by atoms with Crippen molar-refractivity contribution in [2.75, 3.05) is 4.72 Å². The summed E-state index contributed by atoms with van der Waals surface area (Å²) in [6, 6.07) is 17.4. The third kappa shape index (κ3) is 3.71. The van der Waals surface area contributed by atoms with Crippen LogP contribution in [0.5, 0.6) is 0 Å². The first-order valence-corrected chi connectivity index (χ1v) is 10.7. The van der Waals surface area contributed by atoms with Gasteiger partial charge in [0.25, 0.3) is 10.0 Å². The van der Waals surface area contributed by atoms with Crippen molar-refractivity contribution in [2.24, 2.45) is 0 Å². The van der Waals surface area contributed by atoms with Gasteiger partial charge in [-0.15, -0.1) is 10.2 Å². The molecule has 4 heterocycles. The third-order valence-electron chi connectivity index (χ3n) is 4.56. The van der Waals surface area contributed by atoms with E-state index >= 15 is 0 Å². The van der Waals surface area contributed by atoms with E-state index in [2.05, 4.69) is 30.0 Å². The lowest BCUT2D eigenvalue weighted by Crippen LogP contribution is -2.12. The minimum absolute atomic E-state index is 0.0988. The van der Waals surface area contributed by atoms with E-state index in [4.69, 9.17) is 0 Å². The number of nitrogens with one attached hydrogen (secondary N) is 1. The standard InChI is InChI=1S/C21H15N7O2S/c29-31(30,18-4-2-12-23-14-18)27-17-7-5-15(6-8-17)19-9-10-20-24-25-21(28(20)26-19)16-3-1-11-22-13-16/h1-14,27H. The first-order chi connectivity index (χ1) is 15.1. The van der Waals surface area contributed by atoms with Gasteiger partial charge in [0.1, 0.15) is 4.90 Å². The number of sulfonamides is 1. The number of nitrogens with zero attached hydrogens (tertiary/aromatic N) is 6. The monoisotopic (exact) mass is 429 g/mol. The Morgan fingerprint density at radius 1 is 0.774 bits per heavy atom. The van der Waals surface area contributed by atoms with Crippen molar-refractivity contribution in [1.82, 2.24) is 29.8 Å².